The molecule has 1 aromatic heterocycles. The first-order chi connectivity index (χ1) is 10.6. The number of nitrogens with zero attached hydrogens (tertiary/aromatic N) is 2. The average Bonchev–Trinajstić information content (AvgIpc) is 2.91. The van der Waals surface area contributed by atoms with Crippen molar-refractivity contribution in [3.8, 4) is 0 Å². The Morgan fingerprint density at radius 2 is 2.14 bits per heavy atom. The van der Waals surface area contributed by atoms with Crippen LogP contribution in [0.1, 0.15) is 0 Å². The first-order valence-corrected chi connectivity index (χ1v) is 7.81. The highest BCUT2D eigenvalue weighted by atomic mass is 35.5. The van der Waals surface area contributed by atoms with Crippen LogP contribution in [-0.2, 0) is 0 Å². The van der Waals surface area contributed by atoms with Gasteiger partial charge in [-0.05, 0) is 43.9 Å². The molecule has 0 saturated carbocycles. The largest absolute Gasteiger partial charge is 0.381 e. The van der Waals surface area contributed by atoms with Crippen molar-refractivity contribution in [3.63, 3.8) is 0 Å². The molecule has 0 bridgehead atoms. The zero-order valence-corrected chi connectivity index (χ0v) is 13.6. The van der Waals surface area contributed by atoms with Gasteiger partial charge in [0.25, 0.3) is 0 Å². The SMILES string of the molecule is CN(C)CC1C=CC=C1CNc1ccnc2cc(Cl)ccc12. The van der Waals surface area contributed by atoms with E-state index in [1.807, 2.05) is 30.5 Å². The second-order valence-electron chi connectivity index (χ2n) is 5.87. The van der Waals surface area contributed by atoms with E-state index >= 15 is 0 Å². The van der Waals surface area contributed by atoms with E-state index in [1.54, 1.807) is 0 Å². The molecular weight excluding hydrogens is 294 g/mol. The van der Waals surface area contributed by atoms with Crippen molar-refractivity contribution in [2.24, 2.45) is 5.92 Å². The van der Waals surface area contributed by atoms with E-state index in [-0.39, 0.29) is 0 Å². The minimum atomic E-state index is 0.491. The van der Waals surface area contributed by atoms with Gasteiger partial charge in [0.2, 0.25) is 0 Å². The molecule has 0 fully saturated rings. The number of allylic oxidation sites excluding steroid dienone is 2. The van der Waals surface area contributed by atoms with Crippen molar-refractivity contribution in [1.82, 2.24) is 9.88 Å². The summed E-state index contributed by atoms with van der Waals surface area (Å²) in [6.07, 6.45) is 8.44. The Morgan fingerprint density at radius 3 is 2.95 bits per heavy atom. The number of nitrogens with one attached hydrogen (secondary N) is 1. The summed E-state index contributed by atoms with van der Waals surface area (Å²) in [5, 5.41) is 5.36. The van der Waals surface area contributed by atoms with Gasteiger partial charge in [0.05, 0.1) is 5.52 Å². The van der Waals surface area contributed by atoms with Crippen molar-refractivity contribution in [1.29, 1.82) is 0 Å². The van der Waals surface area contributed by atoms with Crippen molar-refractivity contribution >= 4 is 28.2 Å². The lowest BCUT2D eigenvalue weighted by molar-refractivity contribution is 0.380. The third kappa shape index (κ3) is 3.32. The van der Waals surface area contributed by atoms with Gasteiger partial charge in [-0.3, -0.25) is 4.98 Å². The maximum absolute atomic E-state index is 6.04. The molecule has 0 amide bonds. The zero-order chi connectivity index (χ0) is 15.5. The number of aromatic nitrogens is 1. The molecule has 3 rings (SSSR count). The lowest BCUT2D eigenvalue weighted by atomic mass is 10.0. The van der Waals surface area contributed by atoms with E-state index in [9.17, 15) is 0 Å². The van der Waals surface area contributed by atoms with Gasteiger partial charge < -0.3 is 10.2 Å². The molecule has 22 heavy (non-hydrogen) atoms. The summed E-state index contributed by atoms with van der Waals surface area (Å²) in [5.74, 6) is 0.491. The van der Waals surface area contributed by atoms with Gasteiger partial charge in [-0.1, -0.05) is 29.8 Å². The fourth-order valence-electron chi connectivity index (χ4n) is 2.79. The zero-order valence-electron chi connectivity index (χ0n) is 12.9. The second-order valence-corrected chi connectivity index (χ2v) is 6.31. The molecular formula is C18H20ClN3. The fraction of sp³-hybridized carbons (Fsp3) is 0.278. The third-order valence-electron chi connectivity index (χ3n) is 3.88. The number of hydrogen-bond acceptors (Lipinski definition) is 3. The van der Waals surface area contributed by atoms with Crippen LogP contribution in [0.5, 0.6) is 0 Å². The second kappa shape index (κ2) is 6.51. The number of fused-ring (bicyclic) bond motifs is 1. The Labute approximate surface area is 136 Å². The highest BCUT2D eigenvalue weighted by molar-refractivity contribution is 6.31. The maximum Gasteiger partial charge on any atom is 0.0737 e. The molecule has 0 aliphatic heterocycles. The molecule has 1 unspecified atom stereocenters. The molecule has 2 aromatic rings. The molecule has 1 aliphatic rings. The van der Waals surface area contributed by atoms with E-state index in [2.05, 4.69) is 47.5 Å². The summed E-state index contributed by atoms with van der Waals surface area (Å²) in [5.41, 5.74) is 3.42. The standard InChI is InChI=1S/C18H20ClN3/c1-22(2)12-14-5-3-4-13(14)11-21-17-8-9-20-18-10-15(19)6-7-16(17)18/h3-10,14H,11-12H2,1-2H3,(H,20,21). The summed E-state index contributed by atoms with van der Waals surface area (Å²) < 4.78 is 0. The average molecular weight is 314 g/mol. The van der Waals surface area contributed by atoms with Gasteiger partial charge in [0.15, 0.2) is 0 Å². The Morgan fingerprint density at radius 1 is 1.27 bits per heavy atom. The topological polar surface area (TPSA) is 28.2 Å². The predicted octanol–water partition coefficient (Wildman–Crippen LogP) is 3.97. The van der Waals surface area contributed by atoms with Gasteiger partial charge in [0.1, 0.15) is 0 Å². The Hall–Kier alpha value is -1.84. The highest BCUT2D eigenvalue weighted by Gasteiger charge is 2.15. The van der Waals surface area contributed by atoms with E-state index in [0.717, 1.165) is 29.7 Å². The van der Waals surface area contributed by atoms with Crippen molar-refractivity contribution in [2.45, 2.75) is 0 Å². The summed E-state index contributed by atoms with van der Waals surface area (Å²) in [4.78, 5) is 6.60. The van der Waals surface area contributed by atoms with Crippen LogP contribution >= 0.6 is 11.6 Å². The molecule has 1 aliphatic carbocycles. The first-order valence-electron chi connectivity index (χ1n) is 7.43. The minimum Gasteiger partial charge on any atom is -0.381 e. The van der Waals surface area contributed by atoms with Gasteiger partial charge in [0, 0.05) is 41.3 Å². The van der Waals surface area contributed by atoms with Crippen molar-refractivity contribution in [2.75, 3.05) is 32.5 Å². The van der Waals surface area contributed by atoms with Gasteiger partial charge >= 0.3 is 0 Å². The third-order valence-corrected chi connectivity index (χ3v) is 4.11. The number of benzene rings is 1. The summed E-state index contributed by atoms with van der Waals surface area (Å²) in [6, 6.07) is 7.83. The number of anilines is 1. The molecule has 4 heteroatoms. The number of hydrogen-bond donors (Lipinski definition) is 1. The van der Waals surface area contributed by atoms with Crippen LogP contribution in [0.25, 0.3) is 10.9 Å². The maximum atomic E-state index is 6.04. The molecule has 1 atom stereocenters. The number of halogens is 1. The summed E-state index contributed by atoms with van der Waals surface area (Å²) in [7, 11) is 4.22. The molecule has 1 heterocycles. The van der Waals surface area contributed by atoms with Crippen LogP contribution in [0, 0.1) is 5.92 Å². The molecule has 1 aromatic carbocycles. The molecule has 3 nitrogen and oxygen atoms in total. The molecule has 1 N–H and O–H groups in total. The molecule has 114 valence electrons. The lowest BCUT2D eigenvalue weighted by Gasteiger charge is -2.19. The Balaban J connectivity index is 1.75. The minimum absolute atomic E-state index is 0.491. The quantitative estimate of drug-likeness (QED) is 0.905. The van der Waals surface area contributed by atoms with Gasteiger partial charge in [-0.25, -0.2) is 0 Å². The molecule has 0 spiro atoms. The van der Waals surface area contributed by atoms with E-state index in [1.165, 1.54) is 5.57 Å². The predicted molar refractivity (Wildman–Crippen MR) is 94.5 cm³/mol. The summed E-state index contributed by atoms with van der Waals surface area (Å²) in [6.45, 7) is 1.88. The van der Waals surface area contributed by atoms with Crippen molar-refractivity contribution in [3.05, 3.63) is 59.3 Å². The van der Waals surface area contributed by atoms with Crippen LogP contribution in [-0.4, -0.2) is 37.1 Å². The normalized spacial score (nSPS) is 17.3. The highest BCUT2D eigenvalue weighted by Crippen LogP contribution is 2.26. The fourth-order valence-corrected chi connectivity index (χ4v) is 2.96. The van der Waals surface area contributed by atoms with E-state index in [0.29, 0.717) is 10.9 Å². The van der Waals surface area contributed by atoms with E-state index < -0.39 is 0 Å². The molecule has 0 radical (unpaired) electrons. The van der Waals surface area contributed by atoms with Crippen LogP contribution in [0.2, 0.25) is 5.02 Å². The summed E-state index contributed by atoms with van der Waals surface area (Å²) >= 11 is 6.04. The van der Waals surface area contributed by atoms with E-state index in [4.69, 9.17) is 11.6 Å². The molecule has 0 saturated heterocycles. The Kier molecular flexibility index (Phi) is 4.46. The van der Waals surface area contributed by atoms with Crippen LogP contribution in [0.3, 0.4) is 0 Å². The van der Waals surface area contributed by atoms with Crippen molar-refractivity contribution < 1.29 is 0 Å². The first kappa shape index (κ1) is 15.1. The van der Waals surface area contributed by atoms with Gasteiger partial charge in [-0.2, -0.15) is 0 Å². The van der Waals surface area contributed by atoms with Crippen LogP contribution in [0.4, 0.5) is 5.69 Å². The number of rotatable bonds is 5. The lowest BCUT2D eigenvalue weighted by Crippen LogP contribution is -2.23. The number of pyridine rings is 1. The van der Waals surface area contributed by atoms with Crippen LogP contribution < -0.4 is 5.32 Å². The monoisotopic (exact) mass is 313 g/mol. The smallest absolute Gasteiger partial charge is 0.0737 e. The Bertz CT molecular complexity index is 734. The van der Waals surface area contributed by atoms with Crippen LogP contribution in [0.15, 0.2) is 54.3 Å². The van der Waals surface area contributed by atoms with Gasteiger partial charge in [-0.15, -0.1) is 0 Å².